The van der Waals surface area contributed by atoms with E-state index in [0.29, 0.717) is 44.6 Å². The van der Waals surface area contributed by atoms with Gasteiger partial charge in [-0.15, -0.1) is 5.10 Å². The number of Topliss-reactive ketones (excluding diaryl/α,β-unsaturated/α-hetero) is 1. The van der Waals surface area contributed by atoms with Crippen molar-refractivity contribution in [3.8, 4) is 0 Å². The maximum Gasteiger partial charge on any atom is 0.316 e. The van der Waals surface area contributed by atoms with Crippen LogP contribution in [-0.4, -0.2) is 152 Å². The Kier molecular flexibility index (Phi) is 18.2. The average molecular weight is 916 g/mol. The molecule has 0 spiro atoms. The Hall–Kier alpha value is -3.95. The Balaban J connectivity index is 1.37. The van der Waals surface area contributed by atoms with Gasteiger partial charge in [-0.3, -0.25) is 24.4 Å². The monoisotopic (exact) mass is 916 g/mol. The number of benzene rings is 1. The third kappa shape index (κ3) is 12.7. The van der Waals surface area contributed by atoms with Gasteiger partial charge in [0.2, 0.25) is 0 Å². The lowest BCUT2D eigenvalue weighted by Gasteiger charge is -2.47. The van der Waals surface area contributed by atoms with Crippen LogP contribution in [0.1, 0.15) is 98.8 Å². The van der Waals surface area contributed by atoms with Crippen molar-refractivity contribution in [2.75, 3.05) is 33.8 Å². The van der Waals surface area contributed by atoms with E-state index in [-0.39, 0.29) is 30.7 Å². The molecule has 0 saturated carbocycles. The number of piperidine rings is 1. The van der Waals surface area contributed by atoms with E-state index >= 15 is 0 Å². The number of ether oxygens (including phenoxy) is 4. The molecule has 0 amide bonds. The van der Waals surface area contributed by atoms with Crippen molar-refractivity contribution >= 4 is 23.2 Å². The Labute approximate surface area is 382 Å². The van der Waals surface area contributed by atoms with Crippen LogP contribution < -0.4 is 5.32 Å². The zero-order valence-corrected chi connectivity index (χ0v) is 39.8. The molecular weight excluding hydrogens is 843 g/mol. The smallest absolute Gasteiger partial charge is 0.316 e. The molecular formula is C46H73N7O12. The number of nitrogens with one attached hydrogen (secondary N) is 1. The SMILES string of the molecule is CC[C@H]1OC(=O)[C@H](C)C(=O)[C@H](C)[C@@H](O[C@@H]2O[C@H](C)C[C@H](N(C)CCc3cn(CCc4ccc([N+](=O)[O-])cc4)nn3)[C@H]2O)[C@](C)(OC)C[C@@H](C)C(=NO[C@@H]2CCCNC2)[C@H](C)[C@@H](O)[C@]1(C)O. The first-order chi connectivity index (χ1) is 30.7. The summed E-state index contributed by atoms with van der Waals surface area (Å²) in [6.07, 6.45) is -1.04. The number of carbonyl (C=O) groups excluding carboxylic acids is 2. The van der Waals surface area contributed by atoms with E-state index in [2.05, 4.69) is 20.8 Å². The number of nitro groups is 1. The van der Waals surface area contributed by atoms with E-state index in [9.17, 15) is 35.0 Å². The number of aliphatic hydroxyl groups is 3. The van der Waals surface area contributed by atoms with Gasteiger partial charge in [0.1, 0.15) is 29.8 Å². The summed E-state index contributed by atoms with van der Waals surface area (Å²) < 4.78 is 27.0. The number of aliphatic hydroxyl groups excluding tert-OH is 2. The second kappa shape index (κ2) is 22.7. The Morgan fingerprint density at radius 1 is 1.09 bits per heavy atom. The summed E-state index contributed by atoms with van der Waals surface area (Å²) >= 11 is 0. The quantitative estimate of drug-likeness (QED) is 0.0915. The van der Waals surface area contributed by atoms with Gasteiger partial charge >= 0.3 is 5.97 Å². The molecule has 3 aliphatic heterocycles. The van der Waals surface area contributed by atoms with E-state index in [1.54, 1.807) is 37.6 Å². The molecule has 14 atom stereocenters. The number of hydrogen-bond donors (Lipinski definition) is 4. The predicted molar refractivity (Wildman–Crippen MR) is 240 cm³/mol. The number of non-ortho nitro benzene ring substituents is 1. The number of rotatable bonds is 14. The van der Waals surface area contributed by atoms with Crippen LogP contribution >= 0.6 is 0 Å². The van der Waals surface area contributed by atoms with Crippen LogP contribution in [-0.2, 0) is 52.8 Å². The molecule has 3 saturated heterocycles. The summed E-state index contributed by atoms with van der Waals surface area (Å²) in [7, 11) is 3.42. The van der Waals surface area contributed by atoms with Crippen molar-refractivity contribution in [3.63, 3.8) is 0 Å². The second-order valence-electron chi connectivity index (χ2n) is 19.0. The van der Waals surface area contributed by atoms with Gasteiger partial charge in [-0.05, 0) is 85.4 Å². The zero-order valence-electron chi connectivity index (χ0n) is 39.8. The number of hydrogen-bond acceptors (Lipinski definition) is 17. The van der Waals surface area contributed by atoms with Gasteiger partial charge in [-0.1, -0.05) is 50.2 Å². The fourth-order valence-corrected chi connectivity index (χ4v) is 9.63. The molecule has 3 fully saturated rings. The summed E-state index contributed by atoms with van der Waals surface area (Å²) in [6.45, 7) is 16.2. The summed E-state index contributed by atoms with van der Waals surface area (Å²) in [5.74, 6) is -4.86. The minimum absolute atomic E-state index is 0.0399. The first-order valence-electron chi connectivity index (χ1n) is 23.2. The Morgan fingerprint density at radius 3 is 2.43 bits per heavy atom. The molecule has 0 aliphatic carbocycles. The maximum absolute atomic E-state index is 14.4. The number of aryl methyl sites for hydroxylation is 2. The van der Waals surface area contributed by atoms with Gasteiger partial charge in [0.05, 0.1) is 40.2 Å². The molecule has 5 rings (SSSR count). The normalized spacial score (nSPS) is 36.3. The molecule has 0 radical (unpaired) electrons. The van der Waals surface area contributed by atoms with Gasteiger partial charge in [-0.2, -0.15) is 0 Å². The van der Waals surface area contributed by atoms with Gasteiger partial charge in [0.25, 0.3) is 5.69 Å². The van der Waals surface area contributed by atoms with Crippen molar-refractivity contribution in [1.82, 2.24) is 25.2 Å². The van der Waals surface area contributed by atoms with E-state index in [1.807, 2.05) is 38.9 Å². The molecule has 4 N–H and O–H groups in total. The van der Waals surface area contributed by atoms with E-state index in [1.165, 1.54) is 33.1 Å². The van der Waals surface area contributed by atoms with Crippen LogP contribution in [0.2, 0.25) is 0 Å². The van der Waals surface area contributed by atoms with Gasteiger partial charge in [0.15, 0.2) is 12.1 Å². The summed E-state index contributed by atoms with van der Waals surface area (Å²) in [6, 6.07) is 6.02. The highest BCUT2D eigenvalue weighted by atomic mass is 16.7. The second-order valence-corrected chi connectivity index (χ2v) is 19.0. The fourth-order valence-electron chi connectivity index (χ4n) is 9.63. The molecule has 19 heteroatoms. The van der Waals surface area contributed by atoms with Crippen molar-refractivity contribution in [2.24, 2.45) is 28.8 Å². The number of nitrogens with zero attached hydrogens (tertiary/aromatic N) is 6. The highest BCUT2D eigenvalue weighted by Crippen LogP contribution is 2.39. The van der Waals surface area contributed by atoms with Gasteiger partial charge in [-0.25, -0.2) is 0 Å². The van der Waals surface area contributed by atoms with Crippen LogP contribution in [0.25, 0.3) is 0 Å². The minimum atomic E-state index is -1.92. The number of ketones is 1. The molecule has 364 valence electrons. The number of esters is 1. The van der Waals surface area contributed by atoms with Crippen LogP contribution in [0.3, 0.4) is 0 Å². The van der Waals surface area contributed by atoms with Crippen molar-refractivity contribution in [3.05, 3.63) is 51.8 Å². The van der Waals surface area contributed by atoms with Gasteiger partial charge < -0.3 is 49.3 Å². The summed E-state index contributed by atoms with van der Waals surface area (Å²) in [5, 5.41) is 63.4. The molecule has 0 bridgehead atoms. The number of methoxy groups -OCH3 is 1. The van der Waals surface area contributed by atoms with E-state index in [4.69, 9.17) is 23.8 Å². The van der Waals surface area contributed by atoms with Gasteiger partial charge in [0, 0.05) is 75.3 Å². The van der Waals surface area contributed by atoms with Crippen LogP contribution in [0, 0.1) is 33.8 Å². The highest BCUT2D eigenvalue weighted by Gasteiger charge is 2.52. The first kappa shape index (κ1) is 52.0. The van der Waals surface area contributed by atoms with Crippen molar-refractivity contribution in [2.45, 2.75) is 167 Å². The Morgan fingerprint density at radius 2 is 1.80 bits per heavy atom. The average Bonchev–Trinajstić information content (AvgIpc) is 3.75. The molecule has 1 aromatic heterocycles. The highest BCUT2D eigenvalue weighted by molar-refractivity contribution is 6.00. The largest absolute Gasteiger partial charge is 0.459 e. The number of carbonyl (C=O) groups is 2. The lowest BCUT2D eigenvalue weighted by atomic mass is 9.74. The lowest BCUT2D eigenvalue weighted by molar-refractivity contribution is -0.384. The number of oxime groups is 1. The third-order valence-electron chi connectivity index (χ3n) is 13.9. The minimum Gasteiger partial charge on any atom is -0.459 e. The molecule has 1 aromatic carbocycles. The maximum atomic E-state index is 14.4. The van der Waals surface area contributed by atoms with E-state index in [0.717, 1.165) is 30.6 Å². The zero-order chi connectivity index (χ0) is 47.8. The van der Waals surface area contributed by atoms with Crippen LogP contribution in [0.5, 0.6) is 0 Å². The lowest BCUT2D eigenvalue weighted by Crippen LogP contribution is -2.60. The number of likely N-dealkylation sites (N-methyl/N-ethyl adjacent to an activating group) is 1. The first-order valence-corrected chi connectivity index (χ1v) is 23.2. The Bertz CT molecular complexity index is 1910. The standard InChI is InChI=1S/C46H73N7O12/c1-11-37-46(8,58)41(56)29(4)38(49-65-35-13-12-20-47-25-35)27(2)24-45(7,61-10)42(30(5)39(54)31(6)43(57)63-37)64-44-40(55)36(23-28(3)62-44)51(9)21-19-33-26-52(50-48-33)22-18-32-14-16-34(17-15-32)53(59)60/h14-17,26-31,35-37,40-42,44,47,55-56,58H,11-13,18-25H2,1-10H3/t27-,28-,29+,30+,31-,35-,36+,37-,40-,41-,42-,44+,45-,46-/m1/s1. The van der Waals surface area contributed by atoms with E-state index < -0.39 is 88.3 Å². The molecule has 0 unspecified atom stereocenters. The number of cyclic esters (lactones) is 1. The topological polar surface area (TPSA) is 242 Å². The molecule has 3 aliphatic rings. The molecule has 19 nitrogen and oxygen atoms in total. The number of nitro benzene ring substituents is 1. The molecule has 4 heterocycles. The molecule has 65 heavy (non-hydrogen) atoms. The fraction of sp³-hybridized carbons (Fsp3) is 0.761. The van der Waals surface area contributed by atoms with Crippen molar-refractivity contribution in [1.29, 1.82) is 0 Å². The van der Waals surface area contributed by atoms with Crippen LogP contribution in [0.4, 0.5) is 5.69 Å². The van der Waals surface area contributed by atoms with Crippen molar-refractivity contribution < 1.29 is 53.6 Å². The summed E-state index contributed by atoms with van der Waals surface area (Å²) in [5.41, 5.74) is -1.01. The summed E-state index contributed by atoms with van der Waals surface area (Å²) in [4.78, 5) is 46.9. The van der Waals surface area contributed by atoms with Crippen LogP contribution in [0.15, 0.2) is 35.6 Å². The third-order valence-corrected chi connectivity index (χ3v) is 13.9. The predicted octanol–water partition coefficient (Wildman–Crippen LogP) is 3.63. The molecule has 2 aromatic rings. The number of aromatic nitrogens is 3.